The van der Waals surface area contributed by atoms with E-state index in [2.05, 4.69) is 11.4 Å². The molecular formula is C10H19N3O. The van der Waals surface area contributed by atoms with Gasteiger partial charge in [-0.05, 0) is 13.5 Å². The monoisotopic (exact) mass is 197 g/mol. The maximum Gasteiger partial charge on any atom is 0.223 e. The molecule has 0 fully saturated rings. The van der Waals surface area contributed by atoms with E-state index in [1.165, 1.54) is 0 Å². The van der Waals surface area contributed by atoms with Crippen LogP contribution in [0.1, 0.15) is 20.3 Å². The Morgan fingerprint density at radius 3 is 2.79 bits per heavy atom. The first-order chi connectivity index (χ1) is 6.61. The number of rotatable bonds is 6. The maximum atomic E-state index is 11.4. The van der Waals surface area contributed by atoms with Crippen LogP contribution in [-0.2, 0) is 4.79 Å². The van der Waals surface area contributed by atoms with Gasteiger partial charge in [-0.25, -0.2) is 0 Å². The van der Waals surface area contributed by atoms with Crippen LogP contribution >= 0.6 is 0 Å². The van der Waals surface area contributed by atoms with Crippen molar-refractivity contribution in [1.29, 1.82) is 5.26 Å². The van der Waals surface area contributed by atoms with Crippen molar-refractivity contribution >= 4 is 5.91 Å². The third-order valence-electron chi connectivity index (χ3n) is 1.96. The molecule has 0 bridgehead atoms. The Bertz CT molecular complexity index is 210. The maximum absolute atomic E-state index is 11.4. The van der Waals surface area contributed by atoms with Crippen LogP contribution in [0.4, 0.5) is 0 Å². The zero-order chi connectivity index (χ0) is 11.0. The van der Waals surface area contributed by atoms with Gasteiger partial charge in [0.1, 0.15) is 0 Å². The average molecular weight is 197 g/mol. The minimum Gasteiger partial charge on any atom is -0.344 e. The molecule has 0 aromatic heterocycles. The number of nitrogens with one attached hydrogen (secondary N) is 1. The highest BCUT2D eigenvalue weighted by molar-refractivity contribution is 5.76. The lowest BCUT2D eigenvalue weighted by molar-refractivity contribution is -0.130. The van der Waals surface area contributed by atoms with Gasteiger partial charge in [-0.1, -0.05) is 6.92 Å². The van der Waals surface area contributed by atoms with Crippen LogP contribution in [-0.4, -0.2) is 37.5 Å². The number of carbonyl (C=O) groups excluding carboxylic acids is 1. The van der Waals surface area contributed by atoms with Crippen molar-refractivity contribution in [2.24, 2.45) is 5.92 Å². The van der Waals surface area contributed by atoms with Crippen LogP contribution in [0.2, 0.25) is 0 Å². The highest BCUT2D eigenvalue weighted by Gasteiger charge is 2.10. The first-order valence-electron chi connectivity index (χ1n) is 4.96. The molecule has 0 aromatic rings. The van der Waals surface area contributed by atoms with Gasteiger partial charge in [0, 0.05) is 26.6 Å². The number of hydrogen-bond donors (Lipinski definition) is 1. The lowest BCUT2D eigenvalue weighted by Crippen LogP contribution is -2.32. The van der Waals surface area contributed by atoms with Crippen LogP contribution in [0.25, 0.3) is 0 Å². The molecule has 0 spiro atoms. The van der Waals surface area contributed by atoms with E-state index >= 15 is 0 Å². The quantitative estimate of drug-likeness (QED) is 0.634. The minimum absolute atomic E-state index is 0.0908. The third-order valence-corrected chi connectivity index (χ3v) is 1.96. The summed E-state index contributed by atoms with van der Waals surface area (Å²) in [5.41, 5.74) is 0. The molecule has 1 atom stereocenters. The van der Waals surface area contributed by atoms with Gasteiger partial charge < -0.3 is 10.2 Å². The van der Waals surface area contributed by atoms with Gasteiger partial charge in [0.2, 0.25) is 5.91 Å². The van der Waals surface area contributed by atoms with E-state index in [0.29, 0.717) is 19.5 Å². The van der Waals surface area contributed by atoms with E-state index in [0.717, 1.165) is 6.54 Å². The third kappa shape index (κ3) is 5.55. The van der Waals surface area contributed by atoms with E-state index in [-0.39, 0.29) is 11.8 Å². The van der Waals surface area contributed by atoms with Gasteiger partial charge >= 0.3 is 0 Å². The van der Waals surface area contributed by atoms with Gasteiger partial charge in [0.25, 0.3) is 0 Å². The molecule has 1 amide bonds. The molecule has 80 valence electrons. The molecule has 4 heteroatoms. The second kappa shape index (κ2) is 7.34. The van der Waals surface area contributed by atoms with Gasteiger partial charge in [0.15, 0.2) is 0 Å². The summed E-state index contributed by atoms with van der Waals surface area (Å²) in [6.45, 7) is 5.92. The number of carbonyl (C=O) groups is 1. The molecule has 1 N–H and O–H groups in total. The fraction of sp³-hybridized carbons (Fsp3) is 0.800. The number of nitriles is 1. The molecule has 0 rings (SSSR count). The molecule has 0 saturated heterocycles. The largest absolute Gasteiger partial charge is 0.344 e. The molecule has 0 aliphatic heterocycles. The average Bonchev–Trinajstić information content (AvgIpc) is 2.17. The molecule has 4 nitrogen and oxygen atoms in total. The normalized spacial score (nSPS) is 11.9. The van der Waals surface area contributed by atoms with Gasteiger partial charge in [-0.15, -0.1) is 0 Å². The van der Waals surface area contributed by atoms with Crippen LogP contribution in [0, 0.1) is 17.2 Å². The first kappa shape index (κ1) is 12.9. The molecule has 0 saturated carbocycles. The number of hydrogen-bond acceptors (Lipinski definition) is 3. The van der Waals surface area contributed by atoms with Gasteiger partial charge in [-0.3, -0.25) is 4.79 Å². The highest BCUT2D eigenvalue weighted by atomic mass is 16.2. The molecule has 0 aliphatic rings. The van der Waals surface area contributed by atoms with E-state index in [1.54, 1.807) is 11.9 Å². The summed E-state index contributed by atoms with van der Waals surface area (Å²) < 4.78 is 0. The molecule has 0 aromatic carbocycles. The molecular weight excluding hydrogens is 178 g/mol. The van der Waals surface area contributed by atoms with Crippen molar-refractivity contribution in [2.75, 3.05) is 26.7 Å². The fourth-order valence-corrected chi connectivity index (χ4v) is 1.12. The van der Waals surface area contributed by atoms with Gasteiger partial charge in [0.05, 0.1) is 12.0 Å². The Labute approximate surface area is 85.9 Å². The SMILES string of the molecule is CCNCCC(=O)N(C)CC(C)C#N. The van der Waals surface area contributed by atoms with E-state index in [4.69, 9.17) is 5.26 Å². The van der Waals surface area contributed by atoms with Crippen molar-refractivity contribution < 1.29 is 4.79 Å². The minimum atomic E-state index is -0.0944. The van der Waals surface area contributed by atoms with Crippen molar-refractivity contribution in [3.8, 4) is 6.07 Å². The Kier molecular flexibility index (Phi) is 6.77. The summed E-state index contributed by atoms with van der Waals surface area (Å²) in [6, 6.07) is 2.11. The van der Waals surface area contributed by atoms with Crippen molar-refractivity contribution in [3.05, 3.63) is 0 Å². The Balaban J connectivity index is 3.71. The molecule has 1 unspecified atom stereocenters. The van der Waals surface area contributed by atoms with E-state index in [1.807, 2.05) is 13.8 Å². The standard InChI is InChI=1S/C10H19N3O/c1-4-12-6-5-10(14)13(3)8-9(2)7-11/h9,12H,4-6,8H2,1-3H3. The molecule has 0 radical (unpaired) electrons. The summed E-state index contributed by atoms with van der Waals surface area (Å²) in [7, 11) is 1.74. The van der Waals surface area contributed by atoms with Crippen LogP contribution < -0.4 is 5.32 Å². The molecule has 0 aliphatic carbocycles. The van der Waals surface area contributed by atoms with Crippen molar-refractivity contribution in [2.45, 2.75) is 20.3 Å². The zero-order valence-electron chi connectivity index (χ0n) is 9.21. The summed E-state index contributed by atoms with van der Waals surface area (Å²) in [5.74, 6) is -0.00358. The highest BCUT2D eigenvalue weighted by Crippen LogP contribution is 1.97. The van der Waals surface area contributed by atoms with Crippen LogP contribution in [0.5, 0.6) is 0 Å². The zero-order valence-corrected chi connectivity index (χ0v) is 9.21. The molecule has 14 heavy (non-hydrogen) atoms. The Morgan fingerprint density at radius 2 is 2.29 bits per heavy atom. The second-order valence-corrected chi connectivity index (χ2v) is 3.41. The Morgan fingerprint density at radius 1 is 1.64 bits per heavy atom. The van der Waals surface area contributed by atoms with Crippen molar-refractivity contribution in [3.63, 3.8) is 0 Å². The van der Waals surface area contributed by atoms with Crippen LogP contribution in [0.15, 0.2) is 0 Å². The lowest BCUT2D eigenvalue weighted by atomic mass is 10.2. The first-order valence-corrected chi connectivity index (χ1v) is 4.96. The smallest absolute Gasteiger partial charge is 0.223 e. The predicted octanol–water partition coefficient (Wildman–Crippen LogP) is 0.604. The fourth-order valence-electron chi connectivity index (χ4n) is 1.12. The second-order valence-electron chi connectivity index (χ2n) is 3.41. The Hall–Kier alpha value is -1.08. The summed E-state index contributed by atoms with van der Waals surface area (Å²) >= 11 is 0. The number of amides is 1. The lowest BCUT2D eigenvalue weighted by Gasteiger charge is -2.18. The van der Waals surface area contributed by atoms with Crippen molar-refractivity contribution in [1.82, 2.24) is 10.2 Å². The number of nitrogens with zero attached hydrogens (tertiary/aromatic N) is 2. The summed E-state index contributed by atoms with van der Waals surface area (Å²) in [5, 5.41) is 11.7. The summed E-state index contributed by atoms with van der Waals surface area (Å²) in [6.07, 6.45) is 0.502. The predicted molar refractivity (Wildman–Crippen MR) is 55.6 cm³/mol. The van der Waals surface area contributed by atoms with Gasteiger partial charge in [-0.2, -0.15) is 5.26 Å². The molecule has 0 heterocycles. The van der Waals surface area contributed by atoms with E-state index in [9.17, 15) is 4.79 Å². The van der Waals surface area contributed by atoms with E-state index < -0.39 is 0 Å². The summed E-state index contributed by atoms with van der Waals surface area (Å²) in [4.78, 5) is 13.1. The topological polar surface area (TPSA) is 56.1 Å². The van der Waals surface area contributed by atoms with Crippen LogP contribution in [0.3, 0.4) is 0 Å².